The molecule has 3 aromatic rings. The fourth-order valence-electron chi connectivity index (χ4n) is 3.32. The van der Waals surface area contributed by atoms with Crippen molar-refractivity contribution < 1.29 is 4.79 Å². The molecular formula is C19H18Cl2N4OS2. The number of amides is 1. The highest BCUT2D eigenvalue weighted by Gasteiger charge is 2.23. The molecule has 1 unspecified atom stereocenters. The number of aromatic nitrogens is 2. The molecule has 5 nitrogen and oxygen atoms in total. The monoisotopic (exact) mass is 452 g/mol. The van der Waals surface area contributed by atoms with E-state index >= 15 is 0 Å². The van der Waals surface area contributed by atoms with Crippen LogP contribution >= 0.6 is 46.3 Å². The maximum Gasteiger partial charge on any atom is 0.234 e. The van der Waals surface area contributed by atoms with Crippen LogP contribution in [0.2, 0.25) is 10.0 Å². The summed E-state index contributed by atoms with van der Waals surface area (Å²) in [6.45, 7) is 2.27. The zero-order valence-electron chi connectivity index (χ0n) is 15.1. The number of hydrogen-bond donors (Lipinski definition) is 2. The smallest absolute Gasteiger partial charge is 0.234 e. The number of hydrogen-bond acceptors (Lipinski definition) is 6. The second-order valence-corrected chi connectivity index (χ2v) is 9.75. The summed E-state index contributed by atoms with van der Waals surface area (Å²) in [7, 11) is 0. The molecule has 146 valence electrons. The number of halogens is 2. The Kier molecular flexibility index (Phi) is 5.69. The first kappa shape index (κ1) is 19.8. The summed E-state index contributed by atoms with van der Waals surface area (Å²) < 4.78 is 0. The van der Waals surface area contributed by atoms with Gasteiger partial charge in [-0.1, -0.05) is 41.9 Å². The van der Waals surface area contributed by atoms with Gasteiger partial charge < -0.3 is 11.1 Å². The average molecular weight is 453 g/mol. The van der Waals surface area contributed by atoms with Gasteiger partial charge in [-0.05, 0) is 48.9 Å². The van der Waals surface area contributed by atoms with E-state index in [2.05, 4.69) is 22.2 Å². The molecule has 0 saturated carbocycles. The number of benzene rings is 1. The number of nitrogens with two attached hydrogens (primary N) is 1. The van der Waals surface area contributed by atoms with Crippen molar-refractivity contribution in [2.24, 2.45) is 5.92 Å². The first-order valence-corrected chi connectivity index (χ1v) is 11.4. The van der Waals surface area contributed by atoms with Crippen molar-refractivity contribution in [2.75, 3.05) is 16.8 Å². The van der Waals surface area contributed by atoms with E-state index in [9.17, 15) is 4.79 Å². The van der Waals surface area contributed by atoms with E-state index in [1.165, 1.54) is 28.6 Å². The lowest BCUT2D eigenvalue weighted by Gasteiger charge is -2.17. The summed E-state index contributed by atoms with van der Waals surface area (Å²) in [6, 6.07) is 4.93. The van der Waals surface area contributed by atoms with Crippen LogP contribution in [0.15, 0.2) is 23.4 Å². The average Bonchev–Trinajstić information content (AvgIpc) is 3.00. The van der Waals surface area contributed by atoms with Gasteiger partial charge in [0.05, 0.1) is 21.8 Å². The van der Waals surface area contributed by atoms with Gasteiger partial charge in [-0.2, -0.15) is 0 Å². The quantitative estimate of drug-likeness (QED) is 0.406. The summed E-state index contributed by atoms with van der Waals surface area (Å²) in [4.78, 5) is 23.6. The molecule has 0 spiro atoms. The molecule has 3 N–H and O–H groups in total. The van der Waals surface area contributed by atoms with Gasteiger partial charge in [0.2, 0.25) is 5.91 Å². The molecule has 0 fully saturated rings. The molecule has 1 amide bonds. The van der Waals surface area contributed by atoms with Crippen molar-refractivity contribution in [3.8, 4) is 0 Å². The predicted octanol–water partition coefficient (Wildman–Crippen LogP) is 5.44. The van der Waals surface area contributed by atoms with Crippen LogP contribution in [0.1, 0.15) is 23.8 Å². The number of fused-ring (bicyclic) bond motifs is 3. The van der Waals surface area contributed by atoms with Crippen molar-refractivity contribution >= 4 is 73.9 Å². The zero-order chi connectivity index (χ0) is 19.8. The normalized spacial score (nSPS) is 16.2. The third-order valence-electron chi connectivity index (χ3n) is 4.70. The summed E-state index contributed by atoms with van der Waals surface area (Å²) >= 11 is 14.9. The zero-order valence-corrected chi connectivity index (χ0v) is 18.2. The fraction of sp³-hybridized carbons (Fsp3) is 0.316. The maximum atomic E-state index is 12.3. The van der Waals surface area contributed by atoms with Gasteiger partial charge in [-0.15, -0.1) is 11.3 Å². The van der Waals surface area contributed by atoms with E-state index in [-0.39, 0.29) is 11.7 Å². The highest BCUT2D eigenvalue weighted by atomic mass is 35.5. The number of thiophene rings is 1. The van der Waals surface area contributed by atoms with E-state index in [4.69, 9.17) is 28.9 Å². The Balaban J connectivity index is 1.48. The molecule has 2 heterocycles. The molecule has 1 aliphatic carbocycles. The molecule has 0 aliphatic heterocycles. The van der Waals surface area contributed by atoms with E-state index in [0.717, 1.165) is 23.1 Å². The highest BCUT2D eigenvalue weighted by molar-refractivity contribution is 7.99. The molecule has 1 atom stereocenters. The molecule has 9 heteroatoms. The summed E-state index contributed by atoms with van der Waals surface area (Å²) in [6.07, 6.45) is 3.27. The van der Waals surface area contributed by atoms with E-state index in [1.807, 2.05) is 0 Å². The van der Waals surface area contributed by atoms with Crippen LogP contribution in [-0.4, -0.2) is 21.6 Å². The topological polar surface area (TPSA) is 80.9 Å². The second kappa shape index (κ2) is 8.06. The van der Waals surface area contributed by atoms with Gasteiger partial charge in [0, 0.05) is 9.90 Å². The van der Waals surface area contributed by atoms with Crippen molar-refractivity contribution in [3.05, 3.63) is 38.7 Å². The lowest BCUT2D eigenvalue weighted by Crippen LogP contribution is -2.14. The van der Waals surface area contributed by atoms with Crippen LogP contribution < -0.4 is 11.1 Å². The van der Waals surface area contributed by atoms with Crippen LogP contribution in [0, 0.1) is 5.92 Å². The number of nitrogens with one attached hydrogen (secondary N) is 1. The second-order valence-electron chi connectivity index (χ2n) is 6.88. The number of thioether (sulfide) groups is 1. The van der Waals surface area contributed by atoms with E-state index in [0.29, 0.717) is 32.6 Å². The first-order valence-electron chi connectivity index (χ1n) is 8.86. The van der Waals surface area contributed by atoms with Crippen LogP contribution in [0.5, 0.6) is 0 Å². The number of nitrogen functional groups attached to an aromatic ring is 1. The summed E-state index contributed by atoms with van der Waals surface area (Å²) in [5.41, 5.74) is 8.06. The molecule has 0 bridgehead atoms. The van der Waals surface area contributed by atoms with Gasteiger partial charge in [0.25, 0.3) is 0 Å². The number of nitrogens with zero attached hydrogens (tertiary/aromatic N) is 2. The Morgan fingerprint density at radius 2 is 2.21 bits per heavy atom. The molecule has 1 aliphatic rings. The van der Waals surface area contributed by atoms with Gasteiger partial charge in [-0.25, -0.2) is 9.97 Å². The Morgan fingerprint density at radius 1 is 1.39 bits per heavy atom. The third kappa shape index (κ3) is 4.08. The standard InChI is InChI=1S/C19H18Cl2N4OS2/c1-9-2-4-11-14(6-9)28-18-16(11)17(22)24-19(25-18)27-8-15(26)23-13-5-3-10(20)7-12(13)21/h3,5,7,9H,2,4,6,8H2,1H3,(H,23,26)(H2,22,24,25). The molecule has 2 aromatic heterocycles. The van der Waals surface area contributed by atoms with Gasteiger partial charge in [-0.3, -0.25) is 4.79 Å². The molecule has 0 saturated heterocycles. The molecule has 1 aromatic carbocycles. The minimum Gasteiger partial charge on any atom is -0.383 e. The van der Waals surface area contributed by atoms with Gasteiger partial charge in [0.15, 0.2) is 5.16 Å². The Hall–Kier alpha value is -1.54. The van der Waals surface area contributed by atoms with Crippen molar-refractivity contribution in [2.45, 2.75) is 31.3 Å². The Labute approximate surface area is 181 Å². The molecular weight excluding hydrogens is 435 g/mol. The molecule has 28 heavy (non-hydrogen) atoms. The van der Waals surface area contributed by atoms with Crippen molar-refractivity contribution in [1.29, 1.82) is 0 Å². The lowest BCUT2D eigenvalue weighted by molar-refractivity contribution is -0.113. The van der Waals surface area contributed by atoms with Crippen molar-refractivity contribution in [3.63, 3.8) is 0 Å². The van der Waals surface area contributed by atoms with Crippen LogP contribution in [-0.2, 0) is 17.6 Å². The number of anilines is 2. The lowest BCUT2D eigenvalue weighted by atomic mass is 9.89. The van der Waals surface area contributed by atoms with Crippen LogP contribution in [0.4, 0.5) is 11.5 Å². The van der Waals surface area contributed by atoms with Crippen LogP contribution in [0.25, 0.3) is 10.2 Å². The van der Waals surface area contributed by atoms with Gasteiger partial charge >= 0.3 is 0 Å². The first-order chi connectivity index (χ1) is 13.4. The van der Waals surface area contributed by atoms with Crippen LogP contribution in [0.3, 0.4) is 0 Å². The molecule has 0 radical (unpaired) electrons. The summed E-state index contributed by atoms with van der Waals surface area (Å²) in [5.74, 6) is 1.15. The number of carbonyl (C=O) groups excluding carboxylic acids is 1. The SMILES string of the molecule is CC1CCc2c(sc3nc(SCC(=O)Nc4ccc(Cl)cc4Cl)nc(N)c23)C1. The minimum atomic E-state index is -0.198. The maximum absolute atomic E-state index is 12.3. The number of rotatable bonds is 4. The van der Waals surface area contributed by atoms with E-state index < -0.39 is 0 Å². The Morgan fingerprint density at radius 3 is 3.00 bits per heavy atom. The predicted molar refractivity (Wildman–Crippen MR) is 119 cm³/mol. The Bertz CT molecular complexity index is 1070. The number of aryl methyl sites for hydroxylation is 1. The summed E-state index contributed by atoms with van der Waals surface area (Å²) in [5, 5.41) is 5.18. The fourth-order valence-corrected chi connectivity index (χ4v) is 5.88. The van der Waals surface area contributed by atoms with Crippen molar-refractivity contribution in [1.82, 2.24) is 9.97 Å². The molecule has 4 rings (SSSR count). The van der Waals surface area contributed by atoms with Gasteiger partial charge in [0.1, 0.15) is 10.6 Å². The largest absolute Gasteiger partial charge is 0.383 e. The highest BCUT2D eigenvalue weighted by Crippen LogP contribution is 2.40. The van der Waals surface area contributed by atoms with E-state index in [1.54, 1.807) is 29.5 Å². The number of carbonyl (C=O) groups is 1. The third-order valence-corrected chi connectivity index (χ3v) is 7.24. The minimum absolute atomic E-state index is 0.159.